The van der Waals surface area contributed by atoms with Crippen LogP contribution in [-0.2, 0) is 17.9 Å². The Morgan fingerprint density at radius 2 is 1.97 bits per heavy atom. The van der Waals surface area contributed by atoms with Gasteiger partial charge in [0.05, 0.1) is 23.8 Å². The Bertz CT molecular complexity index is 1080. The number of anilines is 2. The second-order valence-corrected chi connectivity index (χ2v) is 10.7. The summed E-state index contributed by atoms with van der Waals surface area (Å²) in [6.45, 7) is 11.6. The monoisotopic (exact) mass is 488 g/mol. The minimum absolute atomic E-state index is 0.0594. The number of nitrogens with zero attached hydrogens (tertiary/aromatic N) is 4. The Labute approximate surface area is 207 Å². The Hall–Kier alpha value is -2.61. The Kier molecular flexibility index (Phi) is 7.91. The topological polar surface area (TPSA) is 92.2 Å². The van der Waals surface area contributed by atoms with E-state index in [-0.39, 0.29) is 28.9 Å². The van der Waals surface area contributed by atoms with E-state index < -0.39 is 5.56 Å². The molecule has 0 aromatic carbocycles. The van der Waals surface area contributed by atoms with Crippen LogP contribution in [0.25, 0.3) is 0 Å². The number of pyridine rings is 1. The van der Waals surface area contributed by atoms with Gasteiger partial charge in [0.2, 0.25) is 5.91 Å². The average molecular weight is 489 g/mol. The van der Waals surface area contributed by atoms with Gasteiger partial charge in [-0.05, 0) is 41.2 Å². The number of amides is 1. The molecule has 2 heterocycles. The summed E-state index contributed by atoms with van der Waals surface area (Å²) in [7, 11) is 3.83. The van der Waals surface area contributed by atoms with Gasteiger partial charge in [-0.15, -0.1) is 0 Å². The Balaban J connectivity index is 1.67. The largest absolute Gasteiger partial charge is 0.379 e. The normalized spacial score (nSPS) is 23.9. The smallest absolute Gasteiger partial charge is 0.288 e. The van der Waals surface area contributed by atoms with Gasteiger partial charge in [0.15, 0.2) is 0 Å². The molecule has 2 aromatic rings. The van der Waals surface area contributed by atoms with Crippen molar-refractivity contribution < 1.29 is 4.79 Å². The molecule has 0 radical (unpaired) electrons. The number of carbonyl (C=O) groups excluding carboxylic acids is 1. The molecule has 4 atom stereocenters. The summed E-state index contributed by atoms with van der Waals surface area (Å²) < 4.78 is 1.10. The molecule has 1 aliphatic rings. The number of halogens is 1. The van der Waals surface area contributed by atoms with Gasteiger partial charge in [-0.2, -0.15) is 5.10 Å². The second-order valence-electron chi connectivity index (χ2n) is 10.4. The lowest BCUT2D eigenvalue weighted by Gasteiger charge is -2.50. The standard InChI is InChI=1S/C25H37ClN6O2/c1-15-10-19(16(2)17(3)25(15,4)5)30-20-12-29-32(24(34)23(20)26)14-22(33)28-11-18-8-9-27-13-21(18)31(6)7/h8-9,12-13,15-17,19,30H,10-11,14H2,1-7H3,(H,28,33)/t15-,16+,17+,19+/m0/s1. The summed E-state index contributed by atoms with van der Waals surface area (Å²) in [6, 6.07) is 2.05. The van der Waals surface area contributed by atoms with Crippen LogP contribution >= 0.6 is 11.6 Å². The van der Waals surface area contributed by atoms with Crippen molar-refractivity contribution >= 4 is 28.9 Å². The number of nitrogens with one attached hydrogen (secondary N) is 2. The van der Waals surface area contributed by atoms with E-state index in [1.807, 2.05) is 25.1 Å². The molecule has 1 saturated carbocycles. The summed E-state index contributed by atoms with van der Waals surface area (Å²) in [6.07, 6.45) is 5.96. The lowest BCUT2D eigenvalue weighted by atomic mass is 9.58. The summed E-state index contributed by atoms with van der Waals surface area (Å²) in [5.41, 5.74) is 2.14. The van der Waals surface area contributed by atoms with Gasteiger partial charge in [0.25, 0.3) is 5.56 Å². The second kappa shape index (κ2) is 10.3. The highest BCUT2D eigenvalue weighted by Crippen LogP contribution is 2.48. The van der Waals surface area contributed by atoms with E-state index in [1.165, 1.54) is 0 Å². The minimum Gasteiger partial charge on any atom is -0.379 e. The molecule has 0 spiro atoms. The SMILES string of the molecule is C[C@@H]1[C@@H](C)C(C)(C)[C@@H](C)C[C@H]1Nc1cnn(CC(=O)NCc2ccncc2N(C)C)c(=O)c1Cl. The highest BCUT2D eigenvalue weighted by Gasteiger charge is 2.43. The molecule has 2 aromatic heterocycles. The van der Waals surface area contributed by atoms with Crippen molar-refractivity contribution in [3.8, 4) is 0 Å². The van der Waals surface area contributed by atoms with Gasteiger partial charge in [0, 0.05) is 32.9 Å². The van der Waals surface area contributed by atoms with Crippen LogP contribution in [0.1, 0.15) is 46.6 Å². The third kappa shape index (κ3) is 5.37. The predicted molar refractivity (Wildman–Crippen MR) is 137 cm³/mol. The highest BCUT2D eigenvalue weighted by molar-refractivity contribution is 6.32. The van der Waals surface area contributed by atoms with Crippen LogP contribution in [0.4, 0.5) is 11.4 Å². The van der Waals surface area contributed by atoms with Gasteiger partial charge in [-0.25, -0.2) is 4.68 Å². The number of hydrogen-bond acceptors (Lipinski definition) is 6. The molecule has 8 nitrogen and oxygen atoms in total. The molecule has 3 rings (SSSR count). The molecular formula is C25H37ClN6O2. The lowest BCUT2D eigenvalue weighted by molar-refractivity contribution is -0.122. The van der Waals surface area contributed by atoms with Crippen molar-refractivity contribution in [1.29, 1.82) is 0 Å². The first-order valence-corrected chi connectivity index (χ1v) is 12.2. The maximum Gasteiger partial charge on any atom is 0.288 e. The molecule has 0 bridgehead atoms. The number of carbonyl (C=O) groups is 1. The third-order valence-electron chi connectivity index (χ3n) is 7.94. The van der Waals surface area contributed by atoms with Crippen LogP contribution in [0, 0.1) is 23.2 Å². The predicted octanol–water partition coefficient (Wildman–Crippen LogP) is 3.79. The molecule has 1 amide bonds. The molecule has 1 fully saturated rings. The van der Waals surface area contributed by atoms with E-state index in [0.29, 0.717) is 30.0 Å². The van der Waals surface area contributed by atoms with Crippen molar-refractivity contribution in [2.24, 2.45) is 23.2 Å². The zero-order valence-corrected chi connectivity index (χ0v) is 22.0. The fourth-order valence-electron chi connectivity index (χ4n) is 4.80. The fourth-order valence-corrected chi connectivity index (χ4v) is 5.00. The van der Waals surface area contributed by atoms with Crippen molar-refractivity contribution in [3.05, 3.63) is 45.6 Å². The molecule has 0 aliphatic heterocycles. The van der Waals surface area contributed by atoms with Gasteiger partial charge in [0.1, 0.15) is 11.6 Å². The van der Waals surface area contributed by atoms with Crippen molar-refractivity contribution in [2.75, 3.05) is 24.3 Å². The third-order valence-corrected chi connectivity index (χ3v) is 8.30. The van der Waals surface area contributed by atoms with E-state index in [1.54, 1.807) is 18.6 Å². The summed E-state index contributed by atoms with van der Waals surface area (Å²) >= 11 is 6.43. The van der Waals surface area contributed by atoms with E-state index in [4.69, 9.17) is 11.6 Å². The molecule has 186 valence electrons. The van der Waals surface area contributed by atoms with Crippen LogP contribution in [0.15, 0.2) is 29.5 Å². The van der Waals surface area contributed by atoms with Gasteiger partial charge in [-0.3, -0.25) is 14.6 Å². The van der Waals surface area contributed by atoms with Crippen molar-refractivity contribution in [3.63, 3.8) is 0 Å². The van der Waals surface area contributed by atoms with Crippen LogP contribution < -0.4 is 21.1 Å². The average Bonchev–Trinajstić information content (AvgIpc) is 2.80. The van der Waals surface area contributed by atoms with Crippen LogP contribution in [0.5, 0.6) is 0 Å². The quantitative estimate of drug-likeness (QED) is 0.616. The molecule has 0 unspecified atom stereocenters. The summed E-state index contributed by atoms with van der Waals surface area (Å²) in [4.78, 5) is 31.4. The van der Waals surface area contributed by atoms with E-state index >= 15 is 0 Å². The molecular weight excluding hydrogens is 452 g/mol. The number of hydrogen-bond donors (Lipinski definition) is 2. The van der Waals surface area contributed by atoms with Gasteiger partial charge in [-0.1, -0.05) is 46.2 Å². The molecule has 34 heavy (non-hydrogen) atoms. The van der Waals surface area contributed by atoms with E-state index in [0.717, 1.165) is 22.4 Å². The van der Waals surface area contributed by atoms with Gasteiger partial charge >= 0.3 is 0 Å². The fraction of sp³-hybridized carbons (Fsp3) is 0.600. The zero-order chi connectivity index (χ0) is 25.2. The van der Waals surface area contributed by atoms with Crippen LogP contribution in [0.2, 0.25) is 5.02 Å². The first-order valence-electron chi connectivity index (χ1n) is 11.8. The van der Waals surface area contributed by atoms with Gasteiger partial charge < -0.3 is 15.5 Å². The summed E-state index contributed by atoms with van der Waals surface area (Å²) in [5, 5.41) is 10.6. The first kappa shape index (κ1) is 26.0. The maximum absolute atomic E-state index is 12.8. The Morgan fingerprint density at radius 1 is 1.26 bits per heavy atom. The minimum atomic E-state index is -0.482. The lowest BCUT2D eigenvalue weighted by Crippen LogP contribution is -2.48. The van der Waals surface area contributed by atoms with Crippen LogP contribution in [-0.4, -0.2) is 40.8 Å². The number of aromatic nitrogens is 3. The van der Waals surface area contributed by atoms with Crippen molar-refractivity contribution in [2.45, 2.75) is 60.2 Å². The zero-order valence-electron chi connectivity index (χ0n) is 21.2. The summed E-state index contributed by atoms with van der Waals surface area (Å²) in [5.74, 6) is 1.13. The Morgan fingerprint density at radius 3 is 2.65 bits per heavy atom. The van der Waals surface area contributed by atoms with E-state index in [2.05, 4.69) is 55.3 Å². The first-order chi connectivity index (χ1) is 15.9. The van der Waals surface area contributed by atoms with E-state index in [9.17, 15) is 9.59 Å². The molecule has 1 aliphatic carbocycles. The van der Waals surface area contributed by atoms with Crippen LogP contribution in [0.3, 0.4) is 0 Å². The number of rotatable bonds is 7. The highest BCUT2D eigenvalue weighted by atomic mass is 35.5. The molecule has 2 N–H and O–H groups in total. The molecule has 9 heteroatoms. The van der Waals surface area contributed by atoms with Crippen molar-refractivity contribution in [1.82, 2.24) is 20.1 Å². The maximum atomic E-state index is 12.8. The molecule has 0 saturated heterocycles.